The fourth-order valence-electron chi connectivity index (χ4n) is 1.50. The third kappa shape index (κ3) is 2.54. The third-order valence-corrected chi connectivity index (χ3v) is 1.88. The highest BCUT2D eigenvalue weighted by Gasteiger charge is 2.16. The molecular formula is C11H17N2. The first-order valence-corrected chi connectivity index (χ1v) is 4.40. The molecule has 0 fully saturated rings. The lowest BCUT2D eigenvalue weighted by molar-refractivity contribution is 0.270. The molecule has 1 aromatic rings. The summed E-state index contributed by atoms with van der Waals surface area (Å²) < 4.78 is 0. The second-order valence-corrected chi connectivity index (χ2v) is 3.48. The van der Waals surface area contributed by atoms with E-state index >= 15 is 0 Å². The lowest BCUT2D eigenvalue weighted by Gasteiger charge is -2.29. The standard InChI is InChI=1S/C11H17N2/c1-12(2)11(13(3)4)10-8-6-5-7-9-10/h5-9H,1-4H3. The van der Waals surface area contributed by atoms with E-state index in [0.29, 0.717) is 0 Å². The van der Waals surface area contributed by atoms with Crippen molar-refractivity contribution in [3.05, 3.63) is 42.1 Å². The first-order valence-electron chi connectivity index (χ1n) is 4.40. The molecule has 0 saturated carbocycles. The Morgan fingerprint density at radius 3 is 1.69 bits per heavy atom. The Morgan fingerprint density at radius 1 is 0.846 bits per heavy atom. The molecule has 1 radical (unpaired) electrons. The van der Waals surface area contributed by atoms with E-state index in [0.717, 1.165) is 0 Å². The van der Waals surface area contributed by atoms with E-state index in [1.54, 1.807) is 0 Å². The predicted octanol–water partition coefficient (Wildman–Crippen LogP) is 1.65. The summed E-state index contributed by atoms with van der Waals surface area (Å²) in [4.78, 5) is 4.24. The van der Waals surface area contributed by atoms with Crippen LogP contribution in [-0.4, -0.2) is 38.0 Å². The smallest absolute Gasteiger partial charge is 0.136 e. The van der Waals surface area contributed by atoms with Crippen LogP contribution in [0.4, 0.5) is 0 Å². The highest BCUT2D eigenvalue weighted by Crippen LogP contribution is 2.17. The zero-order chi connectivity index (χ0) is 9.84. The second kappa shape index (κ2) is 4.40. The molecule has 2 heteroatoms. The van der Waals surface area contributed by atoms with Gasteiger partial charge in [-0.15, -0.1) is 0 Å². The maximum Gasteiger partial charge on any atom is 0.136 e. The van der Waals surface area contributed by atoms with Gasteiger partial charge in [-0.1, -0.05) is 30.3 Å². The molecule has 0 unspecified atom stereocenters. The maximum atomic E-state index is 2.12. The van der Waals surface area contributed by atoms with Gasteiger partial charge in [0.25, 0.3) is 0 Å². The lowest BCUT2D eigenvalue weighted by atomic mass is 10.1. The lowest BCUT2D eigenvalue weighted by Crippen LogP contribution is -2.33. The van der Waals surface area contributed by atoms with Crippen LogP contribution < -0.4 is 0 Å². The summed E-state index contributed by atoms with van der Waals surface area (Å²) in [5.74, 6) is 0. The summed E-state index contributed by atoms with van der Waals surface area (Å²) >= 11 is 0. The van der Waals surface area contributed by atoms with Gasteiger partial charge in [0.1, 0.15) is 6.17 Å². The Labute approximate surface area is 80.8 Å². The Balaban J connectivity index is 2.89. The fourth-order valence-corrected chi connectivity index (χ4v) is 1.50. The molecular weight excluding hydrogens is 160 g/mol. The van der Waals surface area contributed by atoms with E-state index in [1.165, 1.54) is 11.7 Å². The minimum Gasteiger partial charge on any atom is -0.285 e. The van der Waals surface area contributed by atoms with Crippen LogP contribution in [-0.2, 0) is 0 Å². The molecule has 0 aliphatic rings. The SMILES string of the molecule is CN(C)[C](c1ccccc1)N(C)C. The monoisotopic (exact) mass is 177 g/mol. The molecule has 0 saturated heterocycles. The van der Waals surface area contributed by atoms with Crippen molar-refractivity contribution in [3.8, 4) is 0 Å². The molecule has 0 aromatic heterocycles. The summed E-state index contributed by atoms with van der Waals surface area (Å²) in [5, 5.41) is 0. The molecule has 2 nitrogen and oxygen atoms in total. The topological polar surface area (TPSA) is 6.48 Å². The Morgan fingerprint density at radius 2 is 1.31 bits per heavy atom. The van der Waals surface area contributed by atoms with Crippen LogP contribution in [0.3, 0.4) is 0 Å². The summed E-state index contributed by atoms with van der Waals surface area (Å²) in [6.07, 6.45) is 1.22. The van der Waals surface area contributed by atoms with Crippen molar-refractivity contribution in [1.82, 2.24) is 9.80 Å². The number of benzene rings is 1. The van der Waals surface area contributed by atoms with Gasteiger partial charge in [-0.05, 0) is 33.8 Å². The van der Waals surface area contributed by atoms with E-state index in [1.807, 2.05) is 6.07 Å². The molecule has 0 aliphatic heterocycles. The van der Waals surface area contributed by atoms with Gasteiger partial charge in [0, 0.05) is 0 Å². The van der Waals surface area contributed by atoms with E-state index in [2.05, 4.69) is 62.3 Å². The van der Waals surface area contributed by atoms with Crippen LogP contribution in [0, 0.1) is 6.17 Å². The number of nitrogens with zero attached hydrogens (tertiary/aromatic N) is 2. The maximum absolute atomic E-state index is 2.12. The molecule has 0 spiro atoms. The zero-order valence-corrected chi connectivity index (χ0v) is 8.78. The van der Waals surface area contributed by atoms with Gasteiger partial charge in [0.2, 0.25) is 0 Å². The van der Waals surface area contributed by atoms with Crippen molar-refractivity contribution in [2.45, 2.75) is 0 Å². The minimum absolute atomic E-state index is 1.22. The quantitative estimate of drug-likeness (QED) is 0.692. The molecule has 0 amide bonds. The fraction of sp³-hybridized carbons (Fsp3) is 0.364. The molecule has 1 aromatic carbocycles. The molecule has 0 bridgehead atoms. The molecule has 0 atom stereocenters. The van der Waals surface area contributed by atoms with Crippen molar-refractivity contribution in [1.29, 1.82) is 0 Å². The Hall–Kier alpha value is -0.860. The van der Waals surface area contributed by atoms with Crippen LogP contribution >= 0.6 is 0 Å². The van der Waals surface area contributed by atoms with Gasteiger partial charge in [-0.2, -0.15) is 0 Å². The molecule has 0 heterocycles. The number of rotatable bonds is 3. The first-order chi connectivity index (χ1) is 6.13. The van der Waals surface area contributed by atoms with Crippen LogP contribution in [0.15, 0.2) is 30.3 Å². The van der Waals surface area contributed by atoms with Gasteiger partial charge in [0.15, 0.2) is 0 Å². The van der Waals surface area contributed by atoms with Crippen LogP contribution in [0.1, 0.15) is 5.56 Å². The Kier molecular flexibility index (Phi) is 3.46. The molecule has 71 valence electrons. The van der Waals surface area contributed by atoms with Gasteiger partial charge in [0.05, 0.1) is 0 Å². The predicted molar refractivity (Wildman–Crippen MR) is 56.2 cm³/mol. The first kappa shape index (κ1) is 10.2. The van der Waals surface area contributed by atoms with Crippen molar-refractivity contribution in [3.63, 3.8) is 0 Å². The normalized spacial score (nSPS) is 11.6. The second-order valence-electron chi connectivity index (χ2n) is 3.48. The van der Waals surface area contributed by atoms with Crippen LogP contribution in [0.25, 0.3) is 0 Å². The largest absolute Gasteiger partial charge is 0.285 e. The number of hydrogen-bond donors (Lipinski definition) is 0. The van der Waals surface area contributed by atoms with Gasteiger partial charge >= 0.3 is 0 Å². The van der Waals surface area contributed by atoms with Crippen molar-refractivity contribution >= 4 is 0 Å². The van der Waals surface area contributed by atoms with Crippen LogP contribution in [0.2, 0.25) is 0 Å². The minimum atomic E-state index is 1.22. The summed E-state index contributed by atoms with van der Waals surface area (Å²) in [5.41, 5.74) is 1.25. The average Bonchev–Trinajstić information content (AvgIpc) is 2.04. The highest BCUT2D eigenvalue weighted by atomic mass is 15.3. The van der Waals surface area contributed by atoms with E-state index in [9.17, 15) is 0 Å². The number of hydrogen-bond acceptors (Lipinski definition) is 2. The van der Waals surface area contributed by atoms with Gasteiger partial charge < -0.3 is 0 Å². The van der Waals surface area contributed by atoms with E-state index in [4.69, 9.17) is 0 Å². The Bertz CT molecular complexity index is 234. The zero-order valence-electron chi connectivity index (χ0n) is 8.78. The molecule has 0 aliphatic carbocycles. The summed E-state index contributed by atoms with van der Waals surface area (Å²) in [7, 11) is 8.23. The van der Waals surface area contributed by atoms with E-state index < -0.39 is 0 Å². The van der Waals surface area contributed by atoms with E-state index in [-0.39, 0.29) is 0 Å². The van der Waals surface area contributed by atoms with Crippen LogP contribution in [0.5, 0.6) is 0 Å². The van der Waals surface area contributed by atoms with Crippen molar-refractivity contribution in [2.24, 2.45) is 0 Å². The van der Waals surface area contributed by atoms with Gasteiger partial charge in [-0.25, -0.2) is 0 Å². The molecule has 13 heavy (non-hydrogen) atoms. The molecule has 1 rings (SSSR count). The summed E-state index contributed by atoms with van der Waals surface area (Å²) in [6.45, 7) is 0. The van der Waals surface area contributed by atoms with Gasteiger partial charge in [-0.3, -0.25) is 9.80 Å². The van der Waals surface area contributed by atoms with Crippen molar-refractivity contribution < 1.29 is 0 Å². The average molecular weight is 177 g/mol. The highest BCUT2D eigenvalue weighted by molar-refractivity contribution is 5.27. The molecule has 0 N–H and O–H groups in total. The van der Waals surface area contributed by atoms with Crippen molar-refractivity contribution in [2.75, 3.05) is 28.2 Å². The third-order valence-electron chi connectivity index (χ3n) is 1.88. The summed E-state index contributed by atoms with van der Waals surface area (Å²) in [6, 6.07) is 10.4.